The lowest BCUT2D eigenvalue weighted by molar-refractivity contribution is 0.323. The molecule has 1 aliphatic heterocycles. The van der Waals surface area contributed by atoms with E-state index in [-0.39, 0.29) is 5.88 Å². The van der Waals surface area contributed by atoms with E-state index < -0.39 is 5.92 Å². The van der Waals surface area contributed by atoms with Gasteiger partial charge in [0.2, 0.25) is 17.5 Å². The van der Waals surface area contributed by atoms with Crippen molar-refractivity contribution in [3.63, 3.8) is 0 Å². The van der Waals surface area contributed by atoms with E-state index >= 15 is 0 Å². The number of fused-ring (bicyclic) bond motifs is 1. The molecule has 0 fully saturated rings. The molecule has 0 amide bonds. The van der Waals surface area contributed by atoms with Gasteiger partial charge in [-0.2, -0.15) is 5.26 Å². The number of aromatic nitrogens is 2. The molecule has 1 atom stereocenters. The number of aromatic amines is 1. The molecule has 2 heterocycles. The van der Waals surface area contributed by atoms with Crippen LogP contribution in [0.25, 0.3) is 0 Å². The second-order valence-corrected chi connectivity index (χ2v) is 8.45. The first-order valence-corrected chi connectivity index (χ1v) is 11.1. The maximum Gasteiger partial charge on any atom is 0.244 e. The first-order valence-electron chi connectivity index (χ1n) is 10.1. The van der Waals surface area contributed by atoms with Crippen LogP contribution in [0.15, 0.2) is 52.7 Å². The number of nitriles is 1. The Balaban J connectivity index is 1.80. The Morgan fingerprint density at radius 2 is 1.79 bits per heavy atom. The number of rotatable bonds is 7. The lowest BCUT2D eigenvalue weighted by Crippen LogP contribution is -2.21. The van der Waals surface area contributed by atoms with Crippen LogP contribution in [0.3, 0.4) is 0 Å². The van der Waals surface area contributed by atoms with Crippen molar-refractivity contribution in [3.8, 4) is 29.2 Å². The molecule has 4 rings (SSSR count). The van der Waals surface area contributed by atoms with Gasteiger partial charge in [-0.3, -0.25) is 5.10 Å². The molecule has 3 N–H and O–H groups in total. The van der Waals surface area contributed by atoms with Crippen LogP contribution < -0.4 is 24.7 Å². The summed E-state index contributed by atoms with van der Waals surface area (Å²) in [5, 5.41) is 17.3. The van der Waals surface area contributed by atoms with Crippen molar-refractivity contribution >= 4 is 11.8 Å². The molecule has 3 aromatic rings. The first-order chi connectivity index (χ1) is 16.0. The third-order valence-corrected chi connectivity index (χ3v) is 6.48. The number of nitrogens with zero attached hydrogens (tertiary/aromatic N) is 2. The molecule has 0 radical (unpaired) electrons. The van der Waals surface area contributed by atoms with E-state index in [0.29, 0.717) is 34.5 Å². The molecule has 8 nitrogen and oxygen atoms in total. The van der Waals surface area contributed by atoms with Crippen LogP contribution >= 0.6 is 11.8 Å². The van der Waals surface area contributed by atoms with Crippen molar-refractivity contribution < 1.29 is 18.9 Å². The van der Waals surface area contributed by atoms with Gasteiger partial charge < -0.3 is 24.7 Å². The SMILES string of the molecule is COc1cc([C@@H]2C(C#N)=C(N)Oc3n[nH]c(CSc4ccc(C)cc4)c32)cc(OC)c1OC. The number of nitrogens with two attached hydrogens (primary N) is 1. The number of nitrogens with one attached hydrogen (secondary N) is 1. The van der Waals surface area contributed by atoms with E-state index in [9.17, 15) is 5.26 Å². The number of methoxy groups -OCH3 is 3. The fourth-order valence-corrected chi connectivity index (χ4v) is 4.67. The summed E-state index contributed by atoms with van der Waals surface area (Å²) in [6, 6.07) is 14.1. The molecule has 2 aromatic carbocycles. The summed E-state index contributed by atoms with van der Waals surface area (Å²) >= 11 is 1.66. The highest BCUT2D eigenvalue weighted by Crippen LogP contribution is 2.48. The quantitative estimate of drug-likeness (QED) is 0.499. The first kappa shape index (κ1) is 22.4. The Morgan fingerprint density at radius 1 is 1.12 bits per heavy atom. The second kappa shape index (κ2) is 9.38. The van der Waals surface area contributed by atoms with Crippen LogP contribution in [0, 0.1) is 18.3 Å². The van der Waals surface area contributed by atoms with Crippen LogP contribution in [-0.2, 0) is 5.75 Å². The predicted molar refractivity (Wildman–Crippen MR) is 125 cm³/mol. The van der Waals surface area contributed by atoms with Crippen LogP contribution in [0.4, 0.5) is 0 Å². The molecule has 0 saturated heterocycles. The van der Waals surface area contributed by atoms with Crippen molar-refractivity contribution in [2.45, 2.75) is 23.5 Å². The molecule has 0 saturated carbocycles. The zero-order chi connectivity index (χ0) is 23.5. The number of allylic oxidation sites excluding steroid dienone is 1. The van der Waals surface area contributed by atoms with E-state index in [1.807, 2.05) is 12.1 Å². The van der Waals surface area contributed by atoms with Gasteiger partial charge >= 0.3 is 0 Å². The average Bonchev–Trinajstić information content (AvgIpc) is 3.23. The molecule has 0 aliphatic carbocycles. The van der Waals surface area contributed by atoms with Crippen molar-refractivity contribution in [2.75, 3.05) is 21.3 Å². The monoisotopic (exact) mass is 464 g/mol. The minimum atomic E-state index is -0.514. The molecule has 9 heteroatoms. The van der Waals surface area contributed by atoms with Crippen molar-refractivity contribution in [2.24, 2.45) is 5.73 Å². The Morgan fingerprint density at radius 3 is 2.36 bits per heavy atom. The fraction of sp³-hybridized carbons (Fsp3) is 0.250. The second-order valence-electron chi connectivity index (χ2n) is 7.41. The van der Waals surface area contributed by atoms with Crippen LogP contribution in [0.2, 0.25) is 0 Å². The van der Waals surface area contributed by atoms with Gasteiger partial charge in [-0.15, -0.1) is 16.9 Å². The van der Waals surface area contributed by atoms with Crippen molar-refractivity contribution in [1.82, 2.24) is 10.2 Å². The Kier molecular flexibility index (Phi) is 6.38. The molecular formula is C24H24N4O4S. The third-order valence-electron chi connectivity index (χ3n) is 5.44. The van der Waals surface area contributed by atoms with Crippen LogP contribution in [0.5, 0.6) is 23.1 Å². The topological polar surface area (TPSA) is 115 Å². The smallest absolute Gasteiger partial charge is 0.244 e. The number of H-pyrrole nitrogens is 1. The summed E-state index contributed by atoms with van der Waals surface area (Å²) in [5.74, 6) is 1.89. The zero-order valence-electron chi connectivity index (χ0n) is 18.8. The average molecular weight is 465 g/mol. The van der Waals surface area contributed by atoms with Crippen molar-refractivity contribution in [3.05, 3.63) is 70.2 Å². The molecular weight excluding hydrogens is 440 g/mol. The minimum Gasteiger partial charge on any atom is -0.493 e. The lowest BCUT2D eigenvalue weighted by atomic mass is 9.84. The Hall–Kier alpha value is -3.77. The van der Waals surface area contributed by atoms with E-state index in [4.69, 9.17) is 24.7 Å². The van der Waals surface area contributed by atoms with E-state index in [0.717, 1.165) is 21.7 Å². The van der Waals surface area contributed by atoms with E-state index in [1.54, 1.807) is 33.1 Å². The number of aryl methyl sites for hydroxylation is 1. The highest BCUT2D eigenvalue weighted by molar-refractivity contribution is 7.98. The van der Waals surface area contributed by atoms with Crippen molar-refractivity contribution in [1.29, 1.82) is 5.26 Å². The number of ether oxygens (including phenoxy) is 4. The highest BCUT2D eigenvalue weighted by Gasteiger charge is 2.36. The molecule has 170 valence electrons. The standard InChI is InChI=1S/C24H24N4O4S/c1-13-5-7-15(8-6-13)33-12-17-21-20(16(11-25)23(26)32-24(21)28-27-17)14-9-18(29-2)22(31-4)19(10-14)30-3/h5-10,20H,12,26H2,1-4H3,(H,27,28)/t20-/m1/s1. The zero-order valence-corrected chi connectivity index (χ0v) is 19.6. The summed E-state index contributed by atoms with van der Waals surface area (Å²) < 4.78 is 22.2. The molecule has 0 spiro atoms. The van der Waals surface area contributed by atoms with Crippen LogP contribution in [-0.4, -0.2) is 31.5 Å². The minimum absolute atomic E-state index is 0.0213. The maximum absolute atomic E-state index is 9.94. The van der Waals surface area contributed by atoms with Gasteiger partial charge in [0.25, 0.3) is 0 Å². The maximum atomic E-state index is 9.94. The van der Waals surface area contributed by atoms with Gasteiger partial charge in [-0.25, -0.2) is 0 Å². The lowest BCUT2D eigenvalue weighted by Gasteiger charge is -2.25. The molecule has 1 aromatic heterocycles. The summed E-state index contributed by atoms with van der Waals surface area (Å²) in [7, 11) is 4.64. The molecule has 1 aliphatic rings. The Labute approximate surface area is 196 Å². The van der Waals surface area contributed by atoms with Gasteiger partial charge in [-0.1, -0.05) is 17.7 Å². The summed E-state index contributed by atoms with van der Waals surface area (Å²) in [5.41, 5.74) is 9.95. The largest absolute Gasteiger partial charge is 0.493 e. The van der Waals surface area contributed by atoms with E-state index in [1.165, 1.54) is 5.56 Å². The van der Waals surface area contributed by atoms with Crippen LogP contribution in [0.1, 0.15) is 28.3 Å². The van der Waals surface area contributed by atoms with Gasteiger partial charge in [0.15, 0.2) is 11.5 Å². The molecule has 33 heavy (non-hydrogen) atoms. The number of thioether (sulfide) groups is 1. The Bertz CT molecular complexity index is 1220. The molecule has 0 bridgehead atoms. The normalized spacial score (nSPS) is 14.8. The number of benzene rings is 2. The van der Waals surface area contributed by atoms with Gasteiger partial charge in [0.05, 0.1) is 38.5 Å². The summed E-state index contributed by atoms with van der Waals surface area (Å²) in [6.45, 7) is 2.05. The summed E-state index contributed by atoms with van der Waals surface area (Å²) in [4.78, 5) is 1.13. The number of hydrogen-bond donors (Lipinski definition) is 2. The third kappa shape index (κ3) is 4.17. The van der Waals surface area contributed by atoms with Gasteiger partial charge in [0, 0.05) is 10.6 Å². The molecule has 0 unspecified atom stereocenters. The predicted octanol–water partition coefficient (Wildman–Crippen LogP) is 4.25. The highest BCUT2D eigenvalue weighted by atomic mass is 32.2. The summed E-state index contributed by atoms with van der Waals surface area (Å²) in [6.07, 6.45) is 0. The number of hydrogen-bond acceptors (Lipinski definition) is 8. The fourth-order valence-electron chi connectivity index (χ4n) is 3.81. The van der Waals surface area contributed by atoms with E-state index in [2.05, 4.69) is 47.5 Å². The van der Waals surface area contributed by atoms with Gasteiger partial charge in [0.1, 0.15) is 11.6 Å². The van der Waals surface area contributed by atoms with Gasteiger partial charge in [-0.05, 0) is 36.8 Å².